The number of rotatable bonds is 2. The highest BCUT2D eigenvalue weighted by Gasteiger charge is 2.18. The summed E-state index contributed by atoms with van der Waals surface area (Å²) >= 11 is 0. The molecule has 0 fully saturated rings. The van der Waals surface area contributed by atoms with E-state index in [4.69, 9.17) is 9.47 Å². The predicted octanol–water partition coefficient (Wildman–Crippen LogP) is 6.28. The number of hydrogen-bond donors (Lipinski definition) is 2. The Morgan fingerprint density at radius 3 is 2.72 bits per heavy atom. The van der Waals surface area contributed by atoms with E-state index in [-0.39, 0.29) is 23.1 Å². The molecule has 0 unspecified atom stereocenters. The topological polar surface area (TPSA) is 115 Å². The highest BCUT2D eigenvalue weighted by molar-refractivity contribution is 7.92. The first-order chi connectivity index (χ1) is 18.4. The van der Waals surface area contributed by atoms with E-state index < -0.39 is 33.1 Å². The van der Waals surface area contributed by atoms with Crippen molar-refractivity contribution in [2.24, 2.45) is 4.36 Å². The van der Waals surface area contributed by atoms with Gasteiger partial charge in [0.2, 0.25) is 5.95 Å². The molecule has 9 nitrogen and oxygen atoms in total. The van der Waals surface area contributed by atoms with E-state index in [9.17, 15) is 17.8 Å². The van der Waals surface area contributed by atoms with Crippen LogP contribution in [0.15, 0.2) is 47.0 Å². The van der Waals surface area contributed by atoms with Gasteiger partial charge in [0.15, 0.2) is 5.82 Å². The van der Waals surface area contributed by atoms with Gasteiger partial charge >= 0.3 is 6.09 Å². The summed E-state index contributed by atoms with van der Waals surface area (Å²) in [5.74, 6) is -0.573. The van der Waals surface area contributed by atoms with E-state index in [2.05, 4.69) is 25.0 Å². The second kappa shape index (κ2) is 11.5. The third-order valence-electron chi connectivity index (χ3n) is 5.46. The molecule has 1 aromatic heterocycles. The lowest BCUT2D eigenvalue weighted by molar-refractivity contribution is 0.0607. The smallest absolute Gasteiger partial charge is 0.442 e. The third-order valence-corrected chi connectivity index (χ3v) is 6.86. The maximum absolute atomic E-state index is 14.7. The number of aromatic nitrogens is 2. The molecule has 0 radical (unpaired) electrons. The Bertz CT molecular complexity index is 1500. The largest absolute Gasteiger partial charge is 0.494 e. The summed E-state index contributed by atoms with van der Waals surface area (Å²) in [5, 5.41) is 6.08. The summed E-state index contributed by atoms with van der Waals surface area (Å²) in [6.07, 6.45) is 2.89. The van der Waals surface area contributed by atoms with Gasteiger partial charge in [-0.1, -0.05) is 0 Å². The lowest BCUT2D eigenvalue weighted by atomic mass is 10.1. The van der Waals surface area contributed by atoms with Crippen molar-refractivity contribution in [3.8, 4) is 17.0 Å². The number of fused-ring (bicyclic) bond motifs is 7. The number of ether oxygens (including phenoxy) is 2. The number of hydrogen-bond acceptors (Lipinski definition) is 8. The van der Waals surface area contributed by atoms with Crippen LogP contribution in [0.5, 0.6) is 5.75 Å². The van der Waals surface area contributed by atoms with Crippen LogP contribution in [0.4, 0.5) is 30.9 Å². The van der Waals surface area contributed by atoms with Crippen LogP contribution in [-0.2, 0) is 20.2 Å². The first-order valence-electron chi connectivity index (χ1n) is 12.4. The van der Waals surface area contributed by atoms with Crippen LogP contribution in [-0.4, -0.2) is 45.3 Å². The zero-order valence-corrected chi connectivity index (χ0v) is 23.0. The lowest BCUT2D eigenvalue weighted by Crippen LogP contribution is -2.22. The van der Waals surface area contributed by atoms with Crippen LogP contribution in [0.1, 0.15) is 39.2 Å². The van der Waals surface area contributed by atoms with Crippen molar-refractivity contribution >= 4 is 33.1 Å². The number of carbonyl (C=O) groups is 1. The summed E-state index contributed by atoms with van der Waals surface area (Å²) in [6.45, 7) is 5.97. The predicted molar refractivity (Wildman–Crippen MR) is 147 cm³/mol. The molecule has 0 spiro atoms. The minimum Gasteiger partial charge on any atom is -0.494 e. The molecule has 2 N–H and O–H groups in total. The normalized spacial score (nSPS) is 15.1. The number of benzene rings is 2. The lowest BCUT2D eigenvalue weighted by Gasteiger charge is -2.18. The van der Waals surface area contributed by atoms with Gasteiger partial charge in [-0.15, -0.1) is 4.36 Å². The SMILES string of the molecule is CC(C)(C)OC(=O)N=[S@@](C)(=O)Cc1cc2cc(c1)OCCCCNc1cc(ccc1F)-c1nc(ncc1F)N2. The van der Waals surface area contributed by atoms with Crippen LogP contribution in [0.25, 0.3) is 11.3 Å². The van der Waals surface area contributed by atoms with Crippen LogP contribution in [0.2, 0.25) is 0 Å². The molecular weight excluding hydrogens is 528 g/mol. The van der Waals surface area contributed by atoms with E-state index in [1.165, 1.54) is 24.5 Å². The number of anilines is 3. The first kappa shape index (κ1) is 28.2. The van der Waals surface area contributed by atoms with Crippen molar-refractivity contribution in [2.75, 3.05) is 30.0 Å². The van der Waals surface area contributed by atoms with E-state index in [1.54, 1.807) is 39.0 Å². The fourth-order valence-corrected chi connectivity index (χ4v) is 5.09. The fraction of sp³-hybridized carbons (Fsp3) is 0.370. The molecular formula is C27H31F2N5O4S. The molecule has 1 atom stereocenters. The van der Waals surface area contributed by atoms with Gasteiger partial charge in [-0.05, 0) is 69.5 Å². The standard InChI is InChI=1S/C27H31F2N5O4S/c1-27(2,3)38-26(35)34-39(4,36)16-17-11-19-14-20(12-17)37-10-6-5-9-30-23-13-18(7-8-21(23)28)24-22(29)15-31-25(32-19)33-24/h7-8,11-15,30H,5-6,9-10,16H2,1-4H3,(H,31,32,33)/t39-/m0/s1. The minimum absolute atomic E-state index is 0.00279. The summed E-state index contributed by atoms with van der Waals surface area (Å²) < 4.78 is 57.1. The van der Waals surface area contributed by atoms with Crippen molar-refractivity contribution in [1.82, 2.24) is 9.97 Å². The zero-order chi connectivity index (χ0) is 28.2. The molecule has 3 aromatic rings. The van der Waals surface area contributed by atoms with E-state index in [0.717, 1.165) is 6.20 Å². The Morgan fingerprint density at radius 1 is 1.15 bits per heavy atom. The average Bonchev–Trinajstić information content (AvgIpc) is 2.81. The van der Waals surface area contributed by atoms with Gasteiger partial charge in [-0.2, -0.15) is 0 Å². The number of amides is 1. The monoisotopic (exact) mass is 559 g/mol. The van der Waals surface area contributed by atoms with Gasteiger partial charge in [0.05, 0.1) is 34.0 Å². The highest BCUT2D eigenvalue weighted by atomic mass is 32.2. The molecule has 2 heterocycles. The number of halogens is 2. The molecule has 0 aliphatic carbocycles. The molecule has 1 aliphatic heterocycles. The van der Waals surface area contributed by atoms with Crippen molar-refractivity contribution in [1.29, 1.82) is 0 Å². The first-order valence-corrected chi connectivity index (χ1v) is 14.5. The van der Waals surface area contributed by atoms with Crippen LogP contribution < -0.4 is 15.4 Å². The van der Waals surface area contributed by atoms with Gasteiger partial charge in [0, 0.05) is 30.1 Å². The van der Waals surface area contributed by atoms with Crippen molar-refractivity contribution in [3.63, 3.8) is 0 Å². The second-order valence-corrected chi connectivity index (χ2v) is 12.6. The molecule has 4 rings (SSSR count). The van der Waals surface area contributed by atoms with Gasteiger partial charge in [0.25, 0.3) is 0 Å². The van der Waals surface area contributed by atoms with Gasteiger partial charge in [-0.3, -0.25) is 0 Å². The summed E-state index contributed by atoms with van der Waals surface area (Å²) in [5.41, 5.74) is 0.969. The van der Waals surface area contributed by atoms with E-state index >= 15 is 0 Å². The highest BCUT2D eigenvalue weighted by Crippen LogP contribution is 2.29. The van der Waals surface area contributed by atoms with Crippen LogP contribution >= 0.6 is 0 Å². The number of nitrogens with zero attached hydrogens (tertiary/aromatic N) is 3. The Morgan fingerprint density at radius 2 is 1.95 bits per heavy atom. The molecule has 2 aromatic carbocycles. The quantitative estimate of drug-likeness (QED) is 0.377. The second-order valence-electron chi connectivity index (χ2n) is 10.2. The number of nitrogens with one attached hydrogen (secondary N) is 2. The molecule has 208 valence electrons. The molecule has 39 heavy (non-hydrogen) atoms. The zero-order valence-electron chi connectivity index (χ0n) is 22.2. The molecule has 0 saturated carbocycles. The Balaban J connectivity index is 1.69. The number of carbonyl (C=O) groups excluding carboxylic acids is 1. The van der Waals surface area contributed by atoms with Gasteiger partial charge in [-0.25, -0.2) is 27.8 Å². The van der Waals surface area contributed by atoms with Gasteiger partial charge in [0.1, 0.15) is 22.9 Å². The third kappa shape index (κ3) is 8.09. The Labute approximate surface area is 226 Å². The summed E-state index contributed by atoms with van der Waals surface area (Å²) in [4.78, 5) is 20.5. The minimum atomic E-state index is -2.99. The molecule has 1 aliphatic rings. The molecule has 0 saturated heterocycles. The fourth-order valence-electron chi connectivity index (χ4n) is 3.89. The maximum atomic E-state index is 14.7. The Hall–Kier alpha value is -3.80. The Kier molecular flexibility index (Phi) is 8.34. The van der Waals surface area contributed by atoms with Crippen LogP contribution in [0, 0.1) is 11.6 Å². The van der Waals surface area contributed by atoms with Crippen molar-refractivity contribution in [3.05, 3.63) is 59.8 Å². The summed E-state index contributed by atoms with van der Waals surface area (Å²) in [7, 11) is -2.99. The van der Waals surface area contributed by atoms with Crippen LogP contribution in [0.3, 0.4) is 0 Å². The van der Waals surface area contributed by atoms with Crippen molar-refractivity contribution in [2.45, 2.75) is 45.0 Å². The van der Waals surface area contributed by atoms with Gasteiger partial charge < -0.3 is 20.1 Å². The summed E-state index contributed by atoms with van der Waals surface area (Å²) in [6, 6.07) is 9.37. The van der Waals surface area contributed by atoms with E-state index in [0.29, 0.717) is 48.6 Å². The maximum Gasteiger partial charge on any atom is 0.442 e. The van der Waals surface area contributed by atoms with E-state index in [1.807, 2.05) is 0 Å². The molecule has 6 bridgehead atoms. The molecule has 12 heteroatoms. The average molecular weight is 560 g/mol. The molecule has 1 amide bonds. The van der Waals surface area contributed by atoms with Crippen molar-refractivity contribution < 1.29 is 27.3 Å².